The summed E-state index contributed by atoms with van der Waals surface area (Å²) in [5.41, 5.74) is 4.97. The minimum Gasteiger partial charge on any atom is -0.489 e. The van der Waals surface area contributed by atoms with E-state index in [1.54, 1.807) is 6.08 Å². The Morgan fingerprint density at radius 2 is 1.68 bits per heavy atom. The number of aromatic nitrogens is 3. The summed E-state index contributed by atoms with van der Waals surface area (Å²) in [6.45, 7) is 4.84. The highest BCUT2D eigenvalue weighted by Gasteiger charge is 2.18. The molecule has 0 bridgehead atoms. The van der Waals surface area contributed by atoms with Gasteiger partial charge in [-0.1, -0.05) is 61.2 Å². The molecular formula is C24H21N3O. The fraction of sp³-hybridized carbons (Fsp3) is 0.0833. The van der Waals surface area contributed by atoms with Gasteiger partial charge in [0, 0.05) is 17.3 Å². The number of hydrogen-bond donors (Lipinski definition) is 0. The van der Waals surface area contributed by atoms with Gasteiger partial charge in [-0.05, 0) is 24.3 Å². The Kier molecular flexibility index (Phi) is 5.29. The molecular weight excluding hydrogens is 346 g/mol. The summed E-state index contributed by atoms with van der Waals surface area (Å²) < 4.78 is 8.06. The van der Waals surface area contributed by atoms with E-state index >= 15 is 0 Å². The van der Waals surface area contributed by atoms with Gasteiger partial charge in [0.25, 0.3) is 0 Å². The van der Waals surface area contributed by atoms with Crippen LogP contribution >= 0.6 is 0 Å². The Morgan fingerprint density at radius 3 is 2.46 bits per heavy atom. The molecule has 0 aliphatic rings. The zero-order chi connectivity index (χ0) is 19.2. The number of ether oxygens (including phenoxy) is 1. The molecule has 0 aliphatic carbocycles. The molecule has 2 aromatic heterocycles. The van der Waals surface area contributed by atoms with Crippen molar-refractivity contribution in [3.8, 4) is 28.3 Å². The predicted molar refractivity (Wildman–Crippen MR) is 112 cm³/mol. The van der Waals surface area contributed by atoms with Gasteiger partial charge in [0.05, 0.1) is 30.0 Å². The van der Waals surface area contributed by atoms with Crippen molar-refractivity contribution in [3.63, 3.8) is 0 Å². The highest BCUT2D eigenvalue weighted by Crippen LogP contribution is 2.37. The molecule has 0 unspecified atom stereocenters. The van der Waals surface area contributed by atoms with E-state index in [9.17, 15) is 0 Å². The molecule has 4 aromatic rings. The Hall–Kier alpha value is -3.66. The molecule has 4 rings (SSSR count). The van der Waals surface area contributed by atoms with Gasteiger partial charge in [-0.3, -0.25) is 4.98 Å². The molecule has 4 heteroatoms. The first-order chi connectivity index (χ1) is 13.9. The molecule has 4 nitrogen and oxygen atoms in total. The van der Waals surface area contributed by atoms with E-state index in [1.807, 2.05) is 67.1 Å². The number of para-hydroxylation sites is 1. The molecule has 0 spiro atoms. The lowest BCUT2D eigenvalue weighted by atomic mass is 10.0. The molecule has 0 atom stereocenters. The maximum atomic E-state index is 5.93. The molecule has 0 N–H and O–H groups in total. The highest BCUT2D eigenvalue weighted by molar-refractivity contribution is 5.81. The zero-order valence-corrected chi connectivity index (χ0v) is 15.5. The van der Waals surface area contributed by atoms with Crippen LogP contribution in [0.1, 0.15) is 5.69 Å². The quantitative estimate of drug-likeness (QED) is 0.420. The number of pyridine rings is 1. The van der Waals surface area contributed by atoms with Crippen molar-refractivity contribution in [1.82, 2.24) is 14.5 Å². The van der Waals surface area contributed by atoms with Gasteiger partial charge in [-0.2, -0.15) is 0 Å². The lowest BCUT2D eigenvalue weighted by molar-refractivity contribution is 0.364. The van der Waals surface area contributed by atoms with E-state index in [2.05, 4.69) is 34.3 Å². The summed E-state index contributed by atoms with van der Waals surface area (Å²) >= 11 is 0. The molecule has 0 aliphatic heterocycles. The molecule has 0 fully saturated rings. The second-order valence-electron chi connectivity index (χ2n) is 6.35. The summed E-state index contributed by atoms with van der Waals surface area (Å²) in [4.78, 5) is 9.21. The number of hydrogen-bond acceptors (Lipinski definition) is 3. The summed E-state index contributed by atoms with van der Waals surface area (Å²) in [5.74, 6) is 0.808. The Balaban J connectivity index is 1.86. The van der Waals surface area contributed by atoms with Crippen molar-refractivity contribution in [1.29, 1.82) is 0 Å². The molecule has 2 aromatic carbocycles. The van der Waals surface area contributed by atoms with Crippen LogP contribution in [0.15, 0.2) is 98.0 Å². The lowest BCUT2D eigenvalue weighted by Crippen LogP contribution is -2.04. The summed E-state index contributed by atoms with van der Waals surface area (Å²) in [7, 11) is 0. The molecule has 0 amide bonds. The Bertz CT molecular complexity index is 1060. The summed E-state index contributed by atoms with van der Waals surface area (Å²) in [5, 5.41) is 0. The van der Waals surface area contributed by atoms with Gasteiger partial charge in [0.15, 0.2) is 0 Å². The van der Waals surface area contributed by atoms with Gasteiger partial charge >= 0.3 is 0 Å². The average Bonchev–Trinajstić information content (AvgIpc) is 3.17. The fourth-order valence-electron chi connectivity index (χ4n) is 3.19. The number of benzene rings is 2. The normalized spacial score (nSPS) is 10.6. The van der Waals surface area contributed by atoms with Crippen LogP contribution in [0, 0.1) is 0 Å². The minimum absolute atomic E-state index is 0.450. The van der Waals surface area contributed by atoms with E-state index < -0.39 is 0 Å². The molecule has 0 saturated heterocycles. The summed E-state index contributed by atoms with van der Waals surface area (Å²) in [6.07, 6.45) is 5.43. The largest absolute Gasteiger partial charge is 0.489 e. The first kappa shape index (κ1) is 17.7. The van der Waals surface area contributed by atoms with Crippen molar-refractivity contribution >= 4 is 0 Å². The molecule has 28 heavy (non-hydrogen) atoms. The smallest absolute Gasteiger partial charge is 0.129 e. The standard InChI is InChI=1S/C24H21N3O/c1-2-16-28-22-14-7-6-13-21(22)24-23(19-10-4-3-5-11-19)26-18-27(24)17-20-12-8-9-15-25-20/h2-15,18H,1,16-17H2. The van der Waals surface area contributed by atoms with Crippen LogP contribution in [0.3, 0.4) is 0 Å². The Labute approximate surface area is 164 Å². The van der Waals surface area contributed by atoms with Gasteiger partial charge in [0.1, 0.15) is 12.4 Å². The van der Waals surface area contributed by atoms with Crippen LogP contribution in [0.4, 0.5) is 0 Å². The molecule has 0 saturated carbocycles. The first-order valence-electron chi connectivity index (χ1n) is 9.20. The molecule has 138 valence electrons. The zero-order valence-electron chi connectivity index (χ0n) is 15.5. The highest BCUT2D eigenvalue weighted by atomic mass is 16.5. The van der Waals surface area contributed by atoms with Crippen molar-refractivity contribution in [2.75, 3.05) is 6.61 Å². The third kappa shape index (κ3) is 3.71. The number of nitrogens with zero attached hydrogens (tertiary/aromatic N) is 3. The second kappa shape index (κ2) is 8.35. The first-order valence-corrected chi connectivity index (χ1v) is 9.20. The van der Waals surface area contributed by atoms with Crippen molar-refractivity contribution in [2.45, 2.75) is 6.54 Å². The van der Waals surface area contributed by atoms with Crippen LogP contribution in [-0.2, 0) is 6.54 Å². The molecule has 2 heterocycles. The maximum absolute atomic E-state index is 5.93. The van der Waals surface area contributed by atoms with Gasteiger partial charge in [-0.15, -0.1) is 0 Å². The maximum Gasteiger partial charge on any atom is 0.129 e. The molecule has 0 radical (unpaired) electrons. The van der Waals surface area contributed by atoms with Crippen LogP contribution in [0.25, 0.3) is 22.5 Å². The number of imidazole rings is 1. The summed E-state index contributed by atoms with van der Waals surface area (Å²) in [6, 6.07) is 24.2. The van der Waals surface area contributed by atoms with Crippen molar-refractivity contribution < 1.29 is 4.74 Å². The SMILES string of the molecule is C=CCOc1ccccc1-c1c(-c2ccccc2)ncn1Cc1ccccn1. The van der Waals surface area contributed by atoms with E-state index in [-0.39, 0.29) is 0 Å². The van der Waals surface area contributed by atoms with E-state index in [0.29, 0.717) is 13.2 Å². The fourth-order valence-corrected chi connectivity index (χ4v) is 3.19. The topological polar surface area (TPSA) is 39.9 Å². The number of rotatable bonds is 7. The van der Waals surface area contributed by atoms with Gasteiger partial charge < -0.3 is 9.30 Å². The van der Waals surface area contributed by atoms with Gasteiger partial charge in [-0.25, -0.2) is 4.98 Å². The second-order valence-corrected chi connectivity index (χ2v) is 6.35. The lowest BCUT2D eigenvalue weighted by Gasteiger charge is -2.14. The van der Waals surface area contributed by atoms with Crippen LogP contribution in [0.5, 0.6) is 5.75 Å². The third-order valence-electron chi connectivity index (χ3n) is 4.44. The van der Waals surface area contributed by atoms with Crippen LogP contribution in [0.2, 0.25) is 0 Å². The monoisotopic (exact) mass is 367 g/mol. The van der Waals surface area contributed by atoms with Crippen molar-refractivity contribution in [3.05, 3.63) is 104 Å². The average molecular weight is 367 g/mol. The van der Waals surface area contributed by atoms with E-state index in [1.165, 1.54) is 0 Å². The van der Waals surface area contributed by atoms with E-state index in [0.717, 1.165) is 34.0 Å². The third-order valence-corrected chi connectivity index (χ3v) is 4.44. The Morgan fingerprint density at radius 1 is 0.893 bits per heavy atom. The van der Waals surface area contributed by atoms with Crippen molar-refractivity contribution in [2.24, 2.45) is 0 Å². The van der Waals surface area contributed by atoms with Crippen LogP contribution < -0.4 is 4.74 Å². The minimum atomic E-state index is 0.450. The van der Waals surface area contributed by atoms with Gasteiger partial charge in [0.2, 0.25) is 0 Å². The van der Waals surface area contributed by atoms with E-state index in [4.69, 9.17) is 9.72 Å². The van der Waals surface area contributed by atoms with Crippen LogP contribution in [-0.4, -0.2) is 21.1 Å². The predicted octanol–water partition coefficient (Wildman–Crippen LogP) is 5.23.